The van der Waals surface area contributed by atoms with E-state index in [0.717, 1.165) is 25.7 Å². The first-order valence-electron chi connectivity index (χ1n) is 7.47. The lowest BCUT2D eigenvalue weighted by Gasteiger charge is -2.26. The van der Waals surface area contributed by atoms with Crippen molar-refractivity contribution in [1.82, 2.24) is 10.2 Å². The van der Waals surface area contributed by atoms with E-state index in [1.54, 1.807) is 4.90 Å². The molecular weight excluding hydrogens is 260 g/mol. The van der Waals surface area contributed by atoms with Crippen molar-refractivity contribution in [3.63, 3.8) is 0 Å². The molecule has 20 heavy (non-hydrogen) atoms. The molecule has 3 rings (SSSR count). The average molecular weight is 282 g/mol. The summed E-state index contributed by atoms with van der Waals surface area (Å²) in [5, 5.41) is 12.9. The Morgan fingerprint density at radius 2 is 2.15 bits per heavy atom. The maximum atomic E-state index is 12.2. The molecule has 6 nitrogen and oxygen atoms in total. The van der Waals surface area contributed by atoms with Crippen LogP contribution in [0.2, 0.25) is 0 Å². The predicted octanol–water partition coefficient (Wildman–Crippen LogP) is -0.345. The van der Waals surface area contributed by atoms with Crippen LogP contribution in [0, 0.1) is 5.92 Å². The third-order valence-corrected chi connectivity index (χ3v) is 4.44. The second kappa shape index (κ2) is 5.33. The molecule has 112 valence electrons. The summed E-state index contributed by atoms with van der Waals surface area (Å²) in [6.07, 6.45) is 4.06. The van der Waals surface area contributed by atoms with Gasteiger partial charge in [0.1, 0.15) is 11.6 Å². The molecule has 0 spiro atoms. The van der Waals surface area contributed by atoms with E-state index < -0.39 is 5.60 Å². The highest BCUT2D eigenvalue weighted by atomic mass is 16.5. The number of carbonyl (C=O) groups excluding carboxylic acids is 2. The Morgan fingerprint density at radius 3 is 2.80 bits per heavy atom. The maximum Gasteiger partial charge on any atom is 0.242 e. The highest BCUT2D eigenvalue weighted by molar-refractivity contribution is 5.90. The van der Waals surface area contributed by atoms with Crippen molar-refractivity contribution in [2.75, 3.05) is 26.3 Å². The summed E-state index contributed by atoms with van der Waals surface area (Å²) >= 11 is 0. The number of carbonyl (C=O) groups is 2. The lowest BCUT2D eigenvalue weighted by Crippen LogP contribution is -2.51. The first-order valence-corrected chi connectivity index (χ1v) is 7.47. The van der Waals surface area contributed by atoms with Crippen LogP contribution < -0.4 is 5.32 Å². The Labute approximate surface area is 118 Å². The van der Waals surface area contributed by atoms with Crippen molar-refractivity contribution in [3.05, 3.63) is 0 Å². The zero-order chi connectivity index (χ0) is 14.2. The Kier molecular flexibility index (Phi) is 3.69. The lowest BCUT2D eigenvalue weighted by molar-refractivity contribution is -0.139. The van der Waals surface area contributed by atoms with E-state index in [4.69, 9.17) is 4.74 Å². The van der Waals surface area contributed by atoms with E-state index >= 15 is 0 Å². The van der Waals surface area contributed by atoms with Crippen molar-refractivity contribution in [3.8, 4) is 0 Å². The van der Waals surface area contributed by atoms with E-state index in [0.29, 0.717) is 19.6 Å². The summed E-state index contributed by atoms with van der Waals surface area (Å²) in [6, 6.07) is -0.353. The highest BCUT2D eigenvalue weighted by Gasteiger charge is 2.41. The van der Waals surface area contributed by atoms with Gasteiger partial charge in [0.2, 0.25) is 11.8 Å². The fourth-order valence-corrected chi connectivity index (χ4v) is 2.97. The van der Waals surface area contributed by atoms with Crippen LogP contribution in [0.5, 0.6) is 0 Å². The summed E-state index contributed by atoms with van der Waals surface area (Å²) in [5.74, 6) is 0.137. The van der Waals surface area contributed by atoms with E-state index in [1.165, 1.54) is 0 Å². The molecule has 2 heterocycles. The minimum Gasteiger partial charge on any atom is -0.386 e. The number of hydrogen-bond acceptors (Lipinski definition) is 4. The quantitative estimate of drug-likeness (QED) is 0.739. The van der Waals surface area contributed by atoms with Crippen molar-refractivity contribution in [2.45, 2.75) is 43.7 Å². The number of aliphatic hydroxyl groups is 1. The molecule has 0 aromatic carbocycles. The van der Waals surface area contributed by atoms with E-state index in [1.807, 2.05) is 0 Å². The second-order valence-electron chi connectivity index (χ2n) is 6.21. The van der Waals surface area contributed by atoms with Crippen LogP contribution >= 0.6 is 0 Å². The predicted molar refractivity (Wildman–Crippen MR) is 70.9 cm³/mol. The smallest absolute Gasteiger partial charge is 0.242 e. The fraction of sp³-hybridized carbons (Fsp3) is 0.857. The maximum absolute atomic E-state index is 12.2. The number of nitrogens with one attached hydrogen (secondary N) is 1. The number of nitrogens with zero attached hydrogens (tertiary/aromatic N) is 1. The third kappa shape index (κ3) is 2.81. The molecule has 0 radical (unpaired) electrons. The molecule has 6 heteroatoms. The molecule has 2 saturated heterocycles. The van der Waals surface area contributed by atoms with Crippen LogP contribution in [-0.4, -0.2) is 59.8 Å². The molecule has 0 aromatic heterocycles. The molecule has 0 aromatic rings. The molecule has 2 amide bonds. The molecule has 1 aliphatic carbocycles. The van der Waals surface area contributed by atoms with Crippen LogP contribution in [0.4, 0.5) is 0 Å². The average Bonchev–Trinajstić information content (AvgIpc) is 3.01. The van der Waals surface area contributed by atoms with Crippen LogP contribution in [0.1, 0.15) is 32.1 Å². The van der Waals surface area contributed by atoms with Gasteiger partial charge in [-0.1, -0.05) is 0 Å². The van der Waals surface area contributed by atoms with Gasteiger partial charge in [-0.05, 0) is 25.7 Å². The number of ether oxygens (including phenoxy) is 1. The van der Waals surface area contributed by atoms with Crippen molar-refractivity contribution >= 4 is 11.8 Å². The monoisotopic (exact) mass is 282 g/mol. The summed E-state index contributed by atoms with van der Waals surface area (Å²) < 4.78 is 5.15. The fourth-order valence-electron chi connectivity index (χ4n) is 2.97. The van der Waals surface area contributed by atoms with Gasteiger partial charge in [-0.3, -0.25) is 9.59 Å². The third-order valence-electron chi connectivity index (χ3n) is 4.44. The minimum absolute atomic E-state index is 0.130. The van der Waals surface area contributed by atoms with Crippen LogP contribution in [0.3, 0.4) is 0 Å². The molecule has 2 aliphatic heterocycles. The number of amides is 2. The van der Waals surface area contributed by atoms with Gasteiger partial charge >= 0.3 is 0 Å². The molecule has 1 saturated carbocycles. The summed E-state index contributed by atoms with van der Waals surface area (Å²) in [7, 11) is 0. The highest BCUT2D eigenvalue weighted by Crippen LogP contribution is 2.33. The van der Waals surface area contributed by atoms with Gasteiger partial charge in [0, 0.05) is 32.0 Å². The van der Waals surface area contributed by atoms with Gasteiger partial charge in [0.15, 0.2) is 0 Å². The van der Waals surface area contributed by atoms with E-state index in [-0.39, 0.29) is 36.9 Å². The normalized spacial score (nSPS) is 33.5. The number of hydrogen-bond donors (Lipinski definition) is 2. The molecular formula is C14H22N2O4. The molecule has 2 atom stereocenters. The Bertz CT molecular complexity index is 402. The minimum atomic E-state index is -0.945. The Balaban J connectivity index is 1.54. The van der Waals surface area contributed by atoms with Crippen molar-refractivity contribution < 1.29 is 19.4 Å². The molecule has 0 bridgehead atoms. The number of rotatable bonds is 4. The summed E-state index contributed by atoms with van der Waals surface area (Å²) in [6.45, 7) is 1.68. The molecule has 3 fully saturated rings. The molecule has 3 aliphatic rings. The topological polar surface area (TPSA) is 78.9 Å². The summed E-state index contributed by atoms with van der Waals surface area (Å²) in [5.41, 5.74) is -0.945. The zero-order valence-electron chi connectivity index (χ0n) is 11.6. The molecule has 2 unspecified atom stereocenters. The van der Waals surface area contributed by atoms with Crippen LogP contribution in [-0.2, 0) is 14.3 Å². The van der Waals surface area contributed by atoms with Gasteiger partial charge in [0.05, 0.1) is 6.61 Å². The second-order valence-corrected chi connectivity index (χ2v) is 6.21. The van der Waals surface area contributed by atoms with E-state index in [9.17, 15) is 14.7 Å². The van der Waals surface area contributed by atoms with Crippen LogP contribution in [0.25, 0.3) is 0 Å². The summed E-state index contributed by atoms with van der Waals surface area (Å²) in [4.78, 5) is 26.1. The largest absolute Gasteiger partial charge is 0.386 e. The first kappa shape index (κ1) is 13.8. The molecule has 2 N–H and O–H groups in total. The van der Waals surface area contributed by atoms with Crippen molar-refractivity contribution in [2.24, 2.45) is 5.92 Å². The SMILES string of the molecule is O=C(NCC1(O)CCOC1)C1CCCN1C(=O)C1CC1. The first-order chi connectivity index (χ1) is 9.59. The van der Waals surface area contributed by atoms with Gasteiger partial charge in [-0.2, -0.15) is 0 Å². The van der Waals surface area contributed by atoms with E-state index in [2.05, 4.69) is 5.32 Å². The van der Waals surface area contributed by atoms with Gasteiger partial charge in [0.25, 0.3) is 0 Å². The van der Waals surface area contributed by atoms with Gasteiger partial charge in [-0.25, -0.2) is 0 Å². The number of likely N-dealkylation sites (tertiary alicyclic amines) is 1. The van der Waals surface area contributed by atoms with Gasteiger partial charge < -0.3 is 20.1 Å². The van der Waals surface area contributed by atoms with Gasteiger partial charge in [-0.15, -0.1) is 0 Å². The standard InChI is InChI=1S/C14H22N2O4/c17-12(15-8-14(19)5-7-20-9-14)11-2-1-6-16(11)13(18)10-3-4-10/h10-11,19H,1-9H2,(H,15,17). The Hall–Kier alpha value is -1.14. The zero-order valence-corrected chi connectivity index (χ0v) is 11.6. The van der Waals surface area contributed by atoms with Crippen LogP contribution in [0.15, 0.2) is 0 Å². The lowest BCUT2D eigenvalue weighted by atomic mass is 10.0. The van der Waals surface area contributed by atoms with Crippen molar-refractivity contribution in [1.29, 1.82) is 0 Å². The Morgan fingerprint density at radius 1 is 1.35 bits per heavy atom.